The molecule has 0 aromatic heterocycles. The minimum atomic E-state index is -3.46. The van der Waals surface area contributed by atoms with Gasteiger partial charge in [-0.1, -0.05) is 12.1 Å². The molecule has 1 saturated heterocycles. The first kappa shape index (κ1) is 14.5. The number of amides is 1. The summed E-state index contributed by atoms with van der Waals surface area (Å²) in [7, 11) is -3.46. The maximum atomic E-state index is 12.0. The van der Waals surface area contributed by atoms with Crippen LogP contribution >= 0.6 is 0 Å². The maximum Gasteiger partial charge on any atom is 0.237 e. The number of carbonyl (C=O) groups is 1. The Hall–Kier alpha value is -1.87. The van der Waals surface area contributed by atoms with Crippen LogP contribution in [0.4, 0.5) is 0 Å². The Kier molecular flexibility index (Phi) is 4.40. The zero-order valence-electron chi connectivity index (χ0n) is 11.1. The van der Waals surface area contributed by atoms with Crippen molar-refractivity contribution in [3.05, 3.63) is 35.4 Å². The summed E-state index contributed by atoms with van der Waals surface area (Å²) >= 11 is 0. The summed E-state index contributed by atoms with van der Waals surface area (Å²) in [5.41, 5.74) is 1.08. The summed E-state index contributed by atoms with van der Waals surface area (Å²) in [6.45, 7) is 1.32. The van der Waals surface area contributed by atoms with Crippen molar-refractivity contribution >= 4 is 15.7 Å². The van der Waals surface area contributed by atoms with E-state index >= 15 is 0 Å². The second kappa shape index (κ2) is 6.06. The van der Waals surface area contributed by atoms with Gasteiger partial charge in [0.1, 0.15) is 5.75 Å². The fourth-order valence-corrected chi connectivity index (χ4v) is 3.59. The molecule has 0 atom stereocenters. The third-order valence-corrected chi connectivity index (χ3v) is 4.73. The fraction of sp³-hybridized carbons (Fsp3) is 0.429. The van der Waals surface area contributed by atoms with Gasteiger partial charge in [0.15, 0.2) is 9.84 Å². The normalized spacial score (nSPS) is 15.1. The largest absolute Gasteiger partial charge is 0.342 e. The maximum absolute atomic E-state index is 12.0. The van der Waals surface area contributed by atoms with Gasteiger partial charge in [0, 0.05) is 13.1 Å². The van der Waals surface area contributed by atoms with E-state index in [1.165, 1.54) is 0 Å². The molecule has 106 valence electrons. The van der Waals surface area contributed by atoms with Crippen LogP contribution in [0.15, 0.2) is 24.3 Å². The van der Waals surface area contributed by atoms with Gasteiger partial charge < -0.3 is 4.90 Å². The van der Waals surface area contributed by atoms with E-state index in [-0.39, 0.29) is 11.7 Å². The Morgan fingerprint density at radius 2 is 1.80 bits per heavy atom. The van der Waals surface area contributed by atoms with Crippen molar-refractivity contribution in [2.24, 2.45) is 0 Å². The molecule has 6 heteroatoms. The lowest BCUT2D eigenvalue weighted by molar-refractivity contribution is -0.127. The Labute approximate surface area is 118 Å². The topological polar surface area (TPSA) is 78.2 Å². The SMILES string of the molecule is N#Cc1ccc(CS(=O)(=O)CC(=O)N2CCCC2)cc1. The zero-order chi connectivity index (χ0) is 14.6. The highest BCUT2D eigenvalue weighted by Crippen LogP contribution is 2.12. The van der Waals surface area contributed by atoms with Crippen molar-refractivity contribution in [2.45, 2.75) is 18.6 Å². The standard InChI is InChI=1S/C14H16N2O3S/c15-9-12-3-5-13(6-4-12)10-20(18,19)11-14(17)16-7-1-2-8-16/h3-6H,1-2,7-8,10-11H2. The Balaban J connectivity index is 1.99. The predicted octanol–water partition coefficient (Wildman–Crippen LogP) is 1.10. The number of hydrogen-bond donors (Lipinski definition) is 0. The second-order valence-corrected chi connectivity index (χ2v) is 6.99. The lowest BCUT2D eigenvalue weighted by Gasteiger charge is -2.15. The van der Waals surface area contributed by atoms with Crippen molar-refractivity contribution in [1.82, 2.24) is 4.90 Å². The van der Waals surface area contributed by atoms with E-state index in [1.807, 2.05) is 6.07 Å². The van der Waals surface area contributed by atoms with Crippen LogP contribution in [-0.2, 0) is 20.4 Å². The van der Waals surface area contributed by atoms with Crippen LogP contribution in [0.3, 0.4) is 0 Å². The van der Waals surface area contributed by atoms with Crippen LogP contribution < -0.4 is 0 Å². The average molecular weight is 292 g/mol. The predicted molar refractivity (Wildman–Crippen MR) is 74.5 cm³/mol. The minimum Gasteiger partial charge on any atom is -0.342 e. The zero-order valence-corrected chi connectivity index (χ0v) is 11.9. The van der Waals surface area contributed by atoms with Crippen LogP contribution in [0, 0.1) is 11.3 Å². The highest BCUT2D eigenvalue weighted by Gasteiger charge is 2.24. The van der Waals surface area contributed by atoms with Gasteiger partial charge in [-0.3, -0.25) is 4.79 Å². The molecular weight excluding hydrogens is 276 g/mol. The molecule has 1 heterocycles. The van der Waals surface area contributed by atoms with Gasteiger partial charge in [-0.25, -0.2) is 8.42 Å². The van der Waals surface area contributed by atoms with Crippen molar-refractivity contribution in [1.29, 1.82) is 5.26 Å². The number of nitriles is 1. The summed E-state index contributed by atoms with van der Waals surface area (Å²) in [5.74, 6) is -0.915. The fourth-order valence-electron chi connectivity index (χ4n) is 2.23. The molecule has 0 aliphatic carbocycles. The average Bonchev–Trinajstić information content (AvgIpc) is 2.92. The quantitative estimate of drug-likeness (QED) is 0.832. The van der Waals surface area contributed by atoms with Crippen molar-refractivity contribution in [3.8, 4) is 6.07 Å². The molecular formula is C14H16N2O3S. The Morgan fingerprint density at radius 1 is 1.20 bits per heavy atom. The highest BCUT2D eigenvalue weighted by atomic mass is 32.2. The van der Waals surface area contributed by atoms with Gasteiger partial charge in [-0.15, -0.1) is 0 Å². The van der Waals surface area contributed by atoms with Crippen molar-refractivity contribution in [3.63, 3.8) is 0 Å². The molecule has 5 nitrogen and oxygen atoms in total. The smallest absolute Gasteiger partial charge is 0.237 e. The number of likely N-dealkylation sites (tertiary alicyclic amines) is 1. The molecule has 1 aromatic carbocycles. The van der Waals surface area contributed by atoms with Gasteiger partial charge >= 0.3 is 0 Å². The summed E-state index contributed by atoms with van der Waals surface area (Å²) in [6, 6.07) is 8.34. The molecule has 1 fully saturated rings. The Morgan fingerprint density at radius 3 is 2.35 bits per heavy atom. The first-order chi connectivity index (χ1) is 9.50. The molecule has 2 rings (SSSR count). The lowest BCUT2D eigenvalue weighted by Crippen LogP contribution is -2.33. The van der Waals surface area contributed by atoms with Crippen molar-refractivity contribution < 1.29 is 13.2 Å². The van der Waals surface area contributed by atoms with Gasteiger partial charge in [-0.2, -0.15) is 5.26 Å². The van der Waals surface area contributed by atoms with Crippen LogP contribution in [0.25, 0.3) is 0 Å². The number of carbonyl (C=O) groups excluding carboxylic acids is 1. The van der Waals surface area contributed by atoms with Gasteiger partial charge in [0.25, 0.3) is 0 Å². The summed E-state index contributed by atoms with van der Waals surface area (Å²) in [5, 5.41) is 8.68. The van der Waals surface area contributed by atoms with E-state index in [2.05, 4.69) is 0 Å². The summed E-state index contributed by atoms with van der Waals surface area (Å²) < 4.78 is 24.0. The first-order valence-electron chi connectivity index (χ1n) is 6.47. The van der Waals surface area contributed by atoms with Gasteiger partial charge in [-0.05, 0) is 30.5 Å². The number of benzene rings is 1. The number of rotatable bonds is 4. The van der Waals surface area contributed by atoms with Crippen LogP contribution in [0.2, 0.25) is 0 Å². The molecule has 0 radical (unpaired) electrons. The van der Waals surface area contributed by atoms with Gasteiger partial charge in [0.2, 0.25) is 5.91 Å². The van der Waals surface area contributed by atoms with Crippen LogP contribution in [0.5, 0.6) is 0 Å². The van der Waals surface area contributed by atoms with E-state index in [4.69, 9.17) is 5.26 Å². The van der Waals surface area contributed by atoms with Crippen LogP contribution in [0.1, 0.15) is 24.0 Å². The molecule has 0 spiro atoms. The third kappa shape index (κ3) is 3.81. The van der Waals surface area contributed by atoms with E-state index < -0.39 is 15.6 Å². The summed E-state index contributed by atoms with van der Waals surface area (Å²) in [4.78, 5) is 13.5. The monoisotopic (exact) mass is 292 g/mol. The second-order valence-electron chi connectivity index (χ2n) is 4.93. The van der Waals surface area contributed by atoms with E-state index in [1.54, 1.807) is 29.2 Å². The summed E-state index contributed by atoms with van der Waals surface area (Å²) in [6.07, 6.45) is 1.89. The molecule has 1 aliphatic heterocycles. The molecule has 0 saturated carbocycles. The van der Waals surface area contributed by atoms with E-state index in [0.29, 0.717) is 24.2 Å². The van der Waals surface area contributed by atoms with Crippen LogP contribution in [-0.4, -0.2) is 38.1 Å². The lowest BCUT2D eigenvalue weighted by atomic mass is 10.2. The minimum absolute atomic E-state index is 0.168. The first-order valence-corrected chi connectivity index (χ1v) is 8.29. The third-order valence-electron chi connectivity index (χ3n) is 3.27. The molecule has 20 heavy (non-hydrogen) atoms. The number of sulfone groups is 1. The molecule has 0 unspecified atom stereocenters. The van der Waals surface area contributed by atoms with E-state index in [9.17, 15) is 13.2 Å². The van der Waals surface area contributed by atoms with Gasteiger partial charge in [0.05, 0.1) is 17.4 Å². The van der Waals surface area contributed by atoms with Crippen molar-refractivity contribution in [2.75, 3.05) is 18.8 Å². The van der Waals surface area contributed by atoms with E-state index in [0.717, 1.165) is 12.8 Å². The molecule has 1 aliphatic rings. The molecule has 1 amide bonds. The molecule has 0 N–H and O–H groups in total. The molecule has 0 bridgehead atoms. The number of hydrogen-bond acceptors (Lipinski definition) is 4. The highest BCUT2D eigenvalue weighted by molar-refractivity contribution is 7.91. The number of nitrogens with zero attached hydrogens (tertiary/aromatic N) is 2. The molecule has 1 aromatic rings. The Bertz CT molecular complexity index is 623.